The van der Waals surface area contributed by atoms with Crippen molar-refractivity contribution in [1.82, 2.24) is 0 Å². The molecule has 6 N–H and O–H groups in total. The fourth-order valence-corrected chi connectivity index (χ4v) is 2.06. The monoisotopic (exact) mass is 282 g/mol. The number of hydrogen-bond donors (Lipinski definition) is 6. The summed E-state index contributed by atoms with van der Waals surface area (Å²) < 4.78 is 15.0. The van der Waals surface area contributed by atoms with Crippen LogP contribution >= 0.6 is 0 Å². The lowest BCUT2D eigenvalue weighted by molar-refractivity contribution is -0.197. The van der Waals surface area contributed by atoms with Crippen LogP contribution in [0.2, 0.25) is 0 Å². The van der Waals surface area contributed by atoms with Gasteiger partial charge in [0, 0.05) is 0 Å². The lowest BCUT2D eigenvalue weighted by Crippen LogP contribution is -2.38. The van der Waals surface area contributed by atoms with Crippen LogP contribution in [0, 0.1) is 0 Å². The summed E-state index contributed by atoms with van der Waals surface area (Å²) >= 11 is 0. The van der Waals surface area contributed by atoms with Crippen molar-refractivity contribution in [3.8, 4) is 0 Å². The Hall–Kier alpha value is -0.360. The maximum absolute atomic E-state index is 9.59. The van der Waals surface area contributed by atoms with Gasteiger partial charge in [-0.15, -0.1) is 0 Å². The predicted molar refractivity (Wildman–Crippen MR) is 56.6 cm³/mol. The van der Waals surface area contributed by atoms with Crippen LogP contribution in [0.15, 0.2) is 0 Å². The Kier molecular flexibility index (Phi) is 4.71. The molecule has 9 heteroatoms. The first-order valence-electron chi connectivity index (χ1n) is 5.89. The van der Waals surface area contributed by atoms with Crippen molar-refractivity contribution in [3.05, 3.63) is 0 Å². The second kappa shape index (κ2) is 5.95. The number of rotatable bonds is 4. The quantitative estimate of drug-likeness (QED) is 0.302. The molecule has 0 aromatic carbocycles. The van der Waals surface area contributed by atoms with E-state index in [1.165, 1.54) is 0 Å². The topological polar surface area (TPSA) is 149 Å². The zero-order valence-corrected chi connectivity index (χ0v) is 9.94. The smallest absolute Gasteiger partial charge is 0.186 e. The van der Waals surface area contributed by atoms with E-state index in [-0.39, 0.29) is 6.61 Å². The van der Waals surface area contributed by atoms with Crippen molar-refractivity contribution in [2.24, 2.45) is 0 Å². The molecular weight excluding hydrogens is 264 g/mol. The van der Waals surface area contributed by atoms with Crippen molar-refractivity contribution in [2.75, 3.05) is 13.2 Å². The number of aliphatic hydroxyl groups excluding tert-OH is 6. The van der Waals surface area contributed by atoms with Crippen LogP contribution in [-0.2, 0) is 14.2 Å². The van der Waals surface area contributed by atoms with Gasteiger partial charge in [0.2, 0.25) is 0 Å². The summed E-state index contributed by atoms with van der Waals surface area (Å²) in [6, 6.07) is 0. The minimum absolute atomic E-state index is 0.262. The van der Waals surface area contributed by atoms with E-state index in [4.69, 9.17) is 24.4 Å². The molecule has 2 saturated heterocycles. The standard InChI is InChI=1S/C10H18O9/c11-1-3-5(12)8(15)10(19-3)17-2-4-6(13)7(14)9(16)18-4/h3-16H,1-2H2/t3-,4-,5+,6-,7+,8+,9+,10+/m1/s1. The molecule has 0 saturated carbocycles. The molecule has 0 spiro atoms. The third kappa shape index (κ3) is 2.89. The van der Waals surface area contributed by atoms with Gasteiger partial charge >= 0.3 is 0 Å². The highest BCUT2D eigenvalue weighted by Gasteiger charge is 2.46. The molecule has 2 fully saturated rings. The van der Waals surface area contributed by atoms with Gasteiger partial charge in [-0.2, -0.15) is 0 Å². The zero-order valence-electron chi connectivity index (χ0n) is 9.94. The molecule has 2 rings (SSSR count). The van der Waals surface area contributed by atoms with Gasteiger partial charge < -0.3 is 44.8 Å². The number of aliphatic hydroxyl groups is 6. The molecule has 9 nitrogen and oxygen atoms in total. The fraction of sp³-hybridized carbons (Fsp3) is 1.00. The van der Waals surface area contributed by atoms with Crippen LogP contribution in [0.5, 0.6) is 0 Å². The van der Waals surface area contributed by atoms with Gasteiger partial charge in [-0.25, -0.2) is 0 Å². The summed E-state index contributed by atoms with van der Waals surface area (Å²) in [6.45, 7) is -0.736. The second-order valence-electron chi connectivity index (χ2n) is 4.59. The maximum atomic E-state index is 9.59. The average molecular weight is 282 g/mol. The number of hydrogen-bond acceptors (Lipinski definition) is 9. The SMILES string of the molecule is OC[C@H]1O[C@H](OC[C@H]2O[C@H](O)[C@@H](O)[C@@H]2O)[C@@H](O)[C@H]1O. The normalized spacial score (nSPS) is 50.8. The highest BCUT2D eigenvalue weighted by atomic mass is 16.7. The molecule has 0 amide bonds. The molecule has 0 aromatic rings. The first-order chi connectivity index (χ1) is 8.95. The van der Waals surface area contributed by atoms with E-state index in [0.717, 1.165) is 0 Å². The van der Waals surface area contributed by atoms with Gasteiger partial charge in [0.05, 0.1) is 13.2 Å². The van der Waals surface area contributed by atoms with E-state index in [9.17, 15) is 20.4 Å². The highest BCUT2D eigenvalue weighted by Crippen LogP contribution is 2.24. The third-order valence-electron chi connectivity index (χ3n) is 3.26. The largest absolute Gasteiger partial charge is 0.394 e. The Balaban J connectivity index is 1.83. The van der Waals surface area contributed by atoms with Crippen molar-refractivity contribution in [3.63, 3.8) is 0 Å². The maximum Gasteiger partial charge on any atom is 0.186 e. The van der Waals surface area contributed by atoms with E-state index in [0.29, 0.717) is 0 Å². The zero-order chi connectivity index (χ0) is 14.2. The van der Waals surface area contributed by atoms with Crippen molar-refractivity contribution < 1.29 is 44.8 Å². The van der Waals surface area contributed by atoms with E-state index in [2.05, 4.69) is 0 Å². The van der Waals surface area contributed by atoms with Crippen molar-refractivity contribution >= 4 is 0 Å². The lowest BCUT2D eigenvalue weighted by atomic mass is 10.1. The minimum Gasteiger partial charge on any atom is -0.394 e. The van der Waals surface area contributed by atoms with Gasteiger partial charge in [0.1, 0.15) is 36.6 Å². The van der Waals surface area contributed by atoms with Gasteiger partial charge in [0.25, 0.3) is 0 Å². The van der Waals surface area contributed by atoms with Crippen LogP contribution < -0.4 is 0 Å². The second-order valence-corrected chi connectivity index (χ2v) is 4.59. The Morgan fingerprint density at radius 3 is 1.89 bits per heavy atom. The molecule has 0 unspecified atom stereocenters. The summed E-state index contributed by atoms with van der Waals surface area (Å²) in [5.41, 5.74) is 0. The lowest BCUT2D eigenvalue weighted by Gasteiger charge is -2.19. The van der Waals surface area contributed by atoms with Gasteiger partial charge in [-0.3, -0.25) is 0 Å². The summed E-state index contributed by atoms with van der Waals surface area (Å²) in [5, 5.41) is 55.9. The summed E-state index contributed by atoms with van der Waals surface area (Å²) in [4.78, 5) is 0. The minimum atomic E-state index is -1.51. The first-order valence-corrected chi connectivity index (χ1v) is 5.89. The highest BCUT2D eigenvalue weighted by molar-refractivity contribution is 4.88. The molecule has 0 aliphatic carbocycles. The Bertz CT molecular complexity index is 301. The fourth-order valence-electron chi connectivity index (χ4n) is 2.06. The van der Waals surface area contributed by atoms with Crippen LogP contribution in [-0.4, -0.2) is 93.1 Å². The molecule has 19 heavy (non-hydrogen) atoms. The van der Waals surface area contributed by atoms with Crippen LogP contribution in [0.25, 0.3) is 0 Å². The Morgan fingerprint density at radius 2 is 1.42 bits per heavy atom. The summed E-state index contributed by atoms with van der Waals surface area (Å²) in [7, 11) is 0. The molecule has 0 radical (unpaired) electrons. The molecule has 0 bridgehead atoms. The van der Waals surface area contributed by atoms with Gasteiger partial charge in [-0.1, -0.05) is 0 Å². The summed E-state index contributed by atoms with van der Waals surface area (Å²) in [5.74, 6) is 0. The average Bonchev–Trinajstić information content (AvgIpc) is 2.81. The third-order valence-corrected chi connectivity index (χ3v) is 3.26. The molecule has 2 aliphatic rings. The Labute approximate surface area is 108 Å². The van der Waals surface area contributed by atoms with Crippen LogP contribution in [0.4, 0.5) is 0 Å². The van der Waals surface area contributed by atoms with E-state index in [1.807, 2.05) is 0 Å². The molecule has 112 valence electrons. The van der Waals surface area contributed by atoms with Crippen LogP contribution in [0.1, 0.15) is 0 Å². The van der Waals surface area contributed by atoms with Crippen molar-refractivity contribution in [1.29, 1.82) is 0 Å². The Morgan fingerprint density at radius 1 is 0.789 bits per heavy atom. The predicted octanol–water partition coefficient (Wildman–Crippen LogP) is -4.12. The molecule has 8 atom stereocenters. The molecule has 2 heterocycles. The summed E-state index contributed by atoms with van der Waals surface area (Å²) in [6.07, 6.45) is -10.00. The molecule has 2 aliphatic heterocycles. The van der Waals surface area contributed by atoms with Crippen LogP contribution in [0.3, 0.4) is 0 Å². The first kappa shape index (κ1) is 15.0. The van der Waals surface area contributed by atoms with E-state index in [1.54, 1.807) is 0 Å². The molecule has 0 aromatic heterocycles. The molecular formula is C10H18O9. The van der Waals surface area contributed by atoms with Crippen molar-refractivity contribution in [2.45, 2.75) is 49.2 Å². The van der Waals surface area contributed by atoms with E-state index >= 15 is 0 Å². The van der Waals surface area contributed by atoms with E-state index < -0.39 is 55.8 Å². The van der Waals surface area contributed by atoms with Gasteiger partial charge in [0.15, 0.2) is 12.6 Å². The number of ether oxygens (including phenoxy) is 3. The van der Waals surface area contributed by atoms with Gasteiger partial charge in [-0.05, 0) is 0 Å².